The van der Waals surface area contributed by atoms with E-state index in [2.05, 4.69) is 77.7 Å². The lowest BCUT2D eigenvalue weighted by Crippen LogP contribution is -1.97. The predicted molar refractivity (Wildman–Crippen MR) is 111 cm³/mol. The molecule has 4 heteroatoms. The topological polar surface area (TPSA) is 35.6 Å². The molecular weight excluding hydrogens is 332 g/mol. The van der Waals surface area contributed by atoms with E-state index in [0.717, 1.165) is 45.9 Å². The molecule has 0 amide bonds. The Balaban J connectivity index is 1.60. The average Bonchev–Trinajstić information content (AvgIpc) is 3.26. The minimum atomic E-state index is 0.891. The van der Waals surface area contributed by atoms with Gasteiger partial charge in [0.2, 0.25) is 0 Å². The van der Waals surface area contributed by atoms with Crippen LogP contribution in [0.1, 0.15) is 6.92 Å². The van der Waals surface area contributed by atoms with E-state index in [1.165, 1.54) is 5.52 Å². The van der Waals surface area contributed by atoms with Crippen LogP contribution >= 0.6 is 0 Å². The summed E-state index contributed by atoms with van der Waals surface area (Å²) in [5, 5.41) is 0. The quantitative estimate of drug-likeness (QED) is 0.443. The lowest BCUT2D eigenvalue weighted by molar-refractivity contribution is 0.796. The summed E-state index contributed by atoms with van der Waals surface area (Å²) in [6.45, 7) is 3.05. The molecule has 0 unspecified atom stereocenters. The van der Waals surface area contributed by atoms with Gasteiger partial charge in [0.1, 0.15) is 11.6 Å². The first-order chi connectivity index (χ1) is 13.3. The van der Waals surface area contributed by atoms with Crippen molar-refractivity contribution in [2.75, 3.05) is 0 Å². The van der Waals surface area contributed by atoms with E-state index in [0.29, 0.717) is 0 Å². The van der Waals surface area contributed by atoms with Crippen molar-refractivity contribution >= 4 is 22.1 Å². The van der Waals surface area contributed by atoms with Crippen molar-refractivity contribution in [2.24, 2.45) is 7.05 Å². The first-order valence-electron chi connectivity index (χ1n) is 9.24. The fourth-order valence-electron chi connectivity index (χ4n) is 3.79. The van der Waals surface area contributed by atoms with E-state index in [-0.39, 0.29) is 0 Å². The van der Waals surface area contributed by atoms with Crippen LogP contribution in [0.15, 0.2) is 72.8 Å². The number of imidazole rings is 2. The number of nitrogens with zero attached hydrogens (tertiary/aromatic N) is 4. The molecule has 4 nitrogen and oxygen atoms in total. The number of aromatic nitrogens is 4. The Bertz CT molecular complexity index is 1260. The van der Waals surface area contributed by atoms with Crippen LogP contribution in [0.3, 0.4) is 0 Å². The van der Waals surface area contributed by atoms with E-state index in [1.54, 1.807) is 0 Å². The van der Waals surface area contributed by atoms with Gasteiger partial charge >= 0.3 is 0 Å². The number of benzene rings is 3. The molecule has 5 aromatic rings. The third-order valence-electron chi connectivity index (χ3n) is 5.16. The minimum Gasteiger partial charge on any atom is -0.327 e. The summed E-state index contributed by atoms with van der Waals surface area (Å²) in [7, 11) is 2.06. The largest absolute Gasteiger partial charge is 0.327 e. The highest BCUT2D eigenvalue weighted by Crippen LogP contribution is 2.28. The zero-order valence-electron chi connectivity index (χ0n) is 15.4. The molecule has 0 saturated carbocycles. The van der Waals surface area contributed by atoms with Crippen LogP contribution in [-0.2, 0) is 13.6 Å². The SMILES string of the molecule is CCn1c(-c2ccc(-c3nc4ccccc4n3C)cc2)nc2ccccc21. The molecule has 0 N–H and O–H groups in total. The molecule has 0 spiro atoms. The molecule has 0 bridgehead atoms. The summed E-state index contributed by atoms with van der Waals surface area (Å²) >= 11 is 0. The van der Waals surface area contributed by atoms with Crippen molar-refractivity contribution in [1.29, 1.82) is 0 Å². The Morgan fingerprint density at radius 3 is 1.81 bits per heavy atom. The smallest absolute Gasteiger partial charge is 0.141 e. The van der Waals surface area contributed by atoms with E-state index in [4.69, 9.17) is 9.97 Å². The maximum absolute atomic E-state index is 4.85. The molecule has 2 heterocycles. The molecule has 0 radical (unpaired) electrons. The van der Waals surface area contributed by atoms with Gasteiger partial charge in [-0.2, -0.15) is 0 Å². The lowest BCUT2D eigenvalue weighted by atomic mass is 10.1. The van der Waals surface area contributed by atoms with Gasteiger partial charge in [-0.05, 0) is 31.2 Å². The van der Waals surface area contributed by atoms with Gasteiger partial charge in [0.25, 0.3) is 0 Å². The van der Waals surface area contributed by atoms with Crippen molar-refractivity contribution < 1.29 is 0 Å². The van der Waals surface area contributed by atoms with Crippen molar-refractivity contribution in [3.05, 3.63) is 72.8 Å². The van der Waals surface area contributed by atoms with Crippen LogP contribution in [0.4, 0.5) is 0 Å². The van der Waals surface area contributed by atoms with Gasteiger partial charge in [0.05, 0.1) is 22.1 Å². The summed E-state index contributed by atoms with van der Waals surface area (Å²) in [5.74, 6) is 1.99. The third kappa shape index (κ3) is 2.45. The number of hydrogen-bond acceptors (Lipinski definition) is 2. The van der Waals surface area contributed by atoms with Crippen LogP contribution in [0.2, 0.25) is 0 Å². The number of hydrogen-bond donors (Lipinski definition) is 0. The van der Waals surface area contributed by atoms with Crippen molar-refractivity contribution in [2.45, 2.75) is 13.5 Å². The zero-order chi connectivity index (χ0) is 18.4. The third-order valence-corrected chi connectivity index (χ3v) is 5.16. The highest BCUT2D eigenvalue weighted by atomic mass is 15.1. The highest BCUT2D eigenvalue weighted by Gasteiger charge is 2.13. The summed E-state index contributed by atoms with van der Waals surface area (Å²) in [4.78, 5) is 9.65. The molecule has 0 saturated heterocycles. The molecule has 3 aromatic carbocycles. The summed E-state index contributed by atoms with van der Waals surface area (Å²) in [6.07, 6.45) is 0. The predicted octanol–water partition coefficient (Wildman–Crippen LogP) is 5.28. The fourth-order valence-corrected chi connectivity index (χ4v) is 3.79. The lowest BCUT2D eigenvalue weighted by Gasteiger charge is -2.07. The number of fused-ring (bicyclic) bond motifs is 2. The maximum Gasteiger partial charge on any atom is 0.141 e. The Morgan fingerprint density at radius 1 is 0.667 bits per heavy atom. The first-order valence-corrected chi connectivity index (χ1v) is 9.24. The van der Waals surface area contributed by atoms with Gasteiger partial charge in [0.15, 0.2) is 0 Å². The van der Waals surface area contributed by atoms with Crippen LogP contribution in [0.5, 0.6) is 0 Å². The summed E-state index contributed by atoms with van der Waals surface area (Å²) in [5.41, 5.74) is 6.60. The molecule has 0 aliphatic carbocycles. The molecule has 0 aliphatic rings. The van der Waals surface area contributed by atoms with Crippen LogP contribution in [-0.4, -0.2) is 19.1 Å². The van der Waals surface area contributed by atoms with Gasteiger partial charge < -0.3 is 9.13 Å². The molecule has 5 rings (SSSR count). The standard InChI is InChI=1S/C23H20N4/c1-3-27-21-11-7-5-9-19(21)25-23(27)17-14-12-16(13-15-17)22-24-18-8-4-6-10-20(18)26(22)2/h4-15H,3H2,1-2H3. The van der Waals surface area contributed by atoms with Crippen LogP contribution in [0, 0.1) is 0 Å². The number of rotatable bonds is 3. The number of para-hydroxylation sites is 4. The molecule has 0 fully saturated rings. The van der Waals surface area contributed by atoms with Gasteiger partial charge in [-0.3, -0.25) is 0 Å². The van der Waals surface area contributed by atoms with E-state index >= 15 is 0 Å². The molecular formula is C23H20N4. The molecule has 27 heavy (non-hydrogen) atoms. The molecule has 132 valence electrons. The Labute approximate surface area is 157 Å². The molecule has 0 aliphatic heterocycles. The average molecular weight is 352 g/mol. The van der Waals surface area contributed by atoms with E-state index in [1.807, 2.05) is 18.2 Å². The first kappa shape index (κ1) is 15.8. The summed E-state index contributed by atoms with van der Waals surface area (Å²) in [6, 6.07) is 25.1. The second-order valence-electron chi connectivity index (χ2n) is 6.73. The van der Waals surface area contributed by atoms with E-state index < -0.39 is 0 Å². The number of aryl methyl sites for hydroxylation is 2. The van der Waals surface area contributed by atoms with Crippen LogP contribution < -0.4 is 0 Å². The second-order valence-corrected chi connectivity index (χ2v) is 6.73. The van der Waals surface area contributed by atoms with Crippen molar-refractivity contribution in [1.82, 2.24) is 19.1 Å². The Morgan fingerprint density at radius 2 is 1.19 bits per heavy atom. The highest BCUT2D eigenvalue weighted by molar-refractivity contribution is 5.82. The second kappa shape index (κ2) is 6.09. The van der Waals surface area contributed by atoms with Gasteiger partial charge in [0, 0.05) is 24.7 Å². The van der Waals surface area contributed by atoms with Crippen LogP contribution in [0.25, 0.3) is 44.8 Å². The maximum atomic E-state index is 4.85. The van der Waals surface area contributed by atoms with Gasteiger partial charge in [-0.1, -0.05) is 48.5 Å². The molecule has 2 aromatic heterocycles. The monoisotopic (exact) mass is 352 g/mol. The normalized spacial score (nSPS) is 11.5. The zero-order valence-corrected chi connectivity index (χ0v) is 15.4. The Hall–Kier alpha value is -3.40. The minimum absolute atomic E-state index is 0.891. The van der Waals surface area contributed by atoms with Gasteiger partial charge in [-0.15, -0.1) is 0 Å². The molecule has 0 atom stereocenters. The fraction of sp³-hybridized carbons (Fsp3) is 0.130. The van der Waals surface area contributed by atoms with Crippen molar-refractivity contribution in [3.63, 3.8) is 0 Å². The van der Waals surface area contributed by atoms with Gasteiger partial charge in [-0.25, -0.2) is 9.97 Å². The Kier molecular flexibility index (Phi) is 3.57. The van der Waals surface area contributed by atoms with Crippen molar-refractivity contribution in [3.8, 4) is 22.8 Å². The van der Waals surface area contributed by atoms with E-state index in [9.17, 15) is 0 Å². The summed E-state index contributed by atoms with van der Waals surface area (Å²) < 4.78 is 4.41.